The highest BCUT2D eigenvalue weighted by atomic mass is 79.9. The Balaban J connectivity index is 2.16. The maximum Gasteiger partial charge on any atom is 0.329 e. The Labute approximate surface area is 162 Å². The monoisotopic (exact) mass is 418 g/mol. The minimum atomic E-state index is -0.731. The van der Waals surface area contributed by atoms with Crippen LogP contribution in [0.2, 0.25) is 0 Å². The van der Waals surface area contributed by atoms with Crippen LogP contribution in [-0.2, 0) is 9.59 Å². The lowest BCUT2D eigenvalue weighted by atomic mass is 10.2. The standard InChI is InChI=1S/C19H23BrN4O2/c1-5-23(6-2)19(26)18(25)22-21-12-15-10-13(3)24(14(15)4)17-9-7-8-16(20)11-17/h7-12H,5-6H2,1-4H3,(H,22,25)/b21-12-. The number of halogens is 1. The topological polar surface area (TPSA) is 66.7 Å². The van der Waals surface area contributed by atoms with Crippen molar-refractivity contribution in [3.05, 3.63) is 51.8 Å². The molecule has 0 radical (unpaired) electrons. The number of likely N-dealkylation sites (N-methyl/N-ethyl adjacent to an activating group) is 1. The van der Waals surface area contributed by atoms with Crippen molar-refractivity contribution in [2.24, 2.45) is 5.10 Å². The van der Waals surface area contributed by atoms with Crippen LogP contribution in [0.3, 0.4) is 0 Å². The van der Waals surface area contributed by atoms with E-state index in [1.54, 1.807) is 6.21 Å². The number of nitrogens with zero attached hydrogens (tertiary/aromatic N) is 3. The fraction of sp³-hybridized carbons (Fsp3) is 0.316. The fourth-order valence-electron chi connectivity index (χ4n) is 2.79. The normalized spacial score (nSPS) is 11.0. The smallest absolute Gasteiger partial charge is 0.329 e. The average molecular weight is 419 g/mol. The molecule has 0 saturated heterocycles. The average Bonchev–Trinajstić information content (AvgIpc) is 2.89. The summed E-state index contributed by atoms with van der Waals surface area (Å²) >= 11 is 3.49. The summed E-state index contributed by atoms with van der Waals surface area (Å²) in [5.74, 6) is -1.31. The van der Waals surface area contributed by atoms with Gasteiger partial charge in [0.2, 0.25) is 0 Å². The Morgan fingerprint density at radius 3 is 2.54 bits per heavy atom. The summed E-state index contributed by atoms with van der Waals surface area (Å²) in [6, 6.07) is 9.99. The zero-order valence-electron chi connectivity index (χ0n) is 15.4. The van der Waals surface area contributed by atoms with Crippen LogP contribution in [0.5, 0.6) is 0 Å². The molecule has 0 aliphatic carbocycles. The van der Waals surface area contributed by atoms with Crippen LogP contribution >= 0.6 is 15.9 Å². The molecule has 1 N–H and O–H groups in total. The Hall–Kier alpha value is -2.41. The summed E-state index contributed by atoms with van der Waals surface area (Å²) in [4.78, 5) is 25.3. The SMILES string of the molecule is CCN(CC)C(=O)C(=O)N/N=C\c1cc(C)n(-c2cccc(Br)c2)c1C. The van der Waals surface area contributed by atoms with E-state index < -0.39 is 11.8 Å². The van der Waals surface area contributed by atoms with Gasteiger partial charge in [0.15, 0.2) is 0 Å². The van der Waals surface area contributed by atoms with Gasteiger partial charge in [-0.15, -0.1) is 0 Å². The number of aryl methyl sites for hydroxylation is 1. The van der Waals surface area contributed by atoms with Crippen LogP contribution in [0.25, 0.3) is 5.69 Å². The van der Waals surface area contributed by atoms with Crippen LogP contribution in [0, 0.1) is 13.8 Å². The molecule has 1 aromatic heterocycles. The zero-order valence-corrected chi connectivity index (χ0v) is 17.0. The van der Waals surface area contributed by atoms with Crippen LogP contribution in [0.1, 0.15) is 30.8 Å². The number of amides is 2. The highest BCUT2D eigenvalue weighted by Crippen LogP contribution is 2.22. The van der Waals surface area contributed by atoms with Gasteiger partial charge in [-0.1, -0.05) is 22.0 Å². The molecule has 0 spiro atoms. The van der Waals surface area contributed by atoms with Gasteiger partial charge < -0.3 is 9.47 Å². The van der Waals surface area contributed by atoms with E-state index in [0.717, 1.165) is 27.1 Å². The largest absolute Gasteiger partial charge is 0.335 e. The van der Waals surface area contributed by atoms with E-state index in [2.05, 4.69) is 31.0 Å². The maximum absolute atomic E-state index is 11.9. The Bertz CT molecular complexity index is 838. The summed E-state index contributed by atoms with van der Waals surface area (Å²) in [5.41, 5.74) is 6.26. The zero-order chi connectivity index (χ0) is 19.3. The van der Waals surface area contributed by atoms with Crippen molar-refractivity contribution in [2.75, 3.05) is 13.1 Å². The molecular weight excluding hydrogens is 396 g/mol. The number of rotatable bonds is 5. The molecule has 0 bridgehead atoms. The molecule has 138 valence electrons. The third-order valence-electron chi connectivity index (χ3n) is 4.15. The van der Waals surface area contributed by atoms with E-state index in [1.807, 2.05) is 58.0 Å². The number of benzene rings is 1. The van der Waals surface area contributed by atoms with Gasteiger partial charge in [0.05, 0.1) is 6.21 Å². The minimum absolute atomic E-state index is 0.486. The molecule has 6 nitrogen and oxygen atoms in total. The van der Waals surface area contributed by atoms with Gasteiger partial charge in [-0.2, -0.15) is 5.10 Å². The van der Waals surface area contributed by atoms with Crippen LogP contribution in [-0.4, -0.2) is 40.6 Å². The van der Waals surface area contributed by atoms with E-state index >= 15 is 0 Å². The fourth-order valence-corrected chi connectivity index (χ4v) is 3.18. The first-order valence-electron chi connectivity index (χ1n) is 8.46. The van der Waals surface area contributed by atoms with Gasteiger partial charge in [0.25, 0.3) is 0 Å². The maximum atomic E-state index is 11.9. The van der Waals surface area contributed by atoms with Crippen molar-refractivity contribution in [2.45, 2.75) is 27.7 Å². The number of hydrogen-bond acceptors (Lipinski definition) is 3. The van der Waals surface area contributed by atoms with E-state index in [1.165, 1.54) is 4.90 Å². The third kappa shape index (κ3) is 4.40. The number of aromatic nitrogens is 1. The van der Waals surface area contributed by atoms with Gasteiger partial charge in [-0.05, 0) is 52.0 Å². The van der Waals surface area contributed by atoms with Gasteiger partial charge >= 0.3 is 11.8 Å². The number of hydrazone groups is 1. The summed E-state index contributed by atoms with van der Waals surface area (Å²) in [5, 5.41) is 3.95. The van der Waals surface area contributed by atoms with E-state index in [-0.39, 0.29) is 0 Å². The lowest BCUT2D eigenvalue weighted by Gasteiger charge is -2.16. The molecule has 7 heteroatoms. The molecule has 0 aliphatic rings. The molecule has 2 rings (SSSR count). The minimum Gasteiger partial charge on any atom is -0.335 e. The molecule has 26 heavy (non-hydrogen) atoms. The van der Waals surface area contributed by atoms with Crippen LogP contribution < -0.4 is 5.43 Å². The predicted octanol–water partition coefficient (Wildman–Crippen LogP) is 3.18. The highest BCUT2D eigenvalue weighted by Gasteiger charge is 2.18. The van der Waals surface area contributed by atoms with Crippen molar-refractivity contribution < 1.29 is 9.59 Å². The number of carbonyl (C=O) groups excluding carboxylic acids is 2. The summed E-state index contributed by atoms with van der Waals surface area (Å²) in [6.45, 7) is 8.62. The Kier molecular flexibility index (Phi) is 6.74. The molecular formula is C19H23BrN4O2. The number of carbonyl (C=O) groups is 2. The molecule has 1 aromatic carbocycles. The molecule has 0 aliphatic heterocycles. The van der Waals surface area contributed by atoms with Crippen molar-refractivity contribution in [1.82, 2.24) is 14.9 Å². The van der Waals surface area contributed by atoms with E-state index in [4.69, 9.17) is 0 Å². The van der Waals surface area contributed by atoms with Gasteiger partial charge in [-0.25, -0.2) is 5.43 Å². The molecule has 2 aromatic rings. The Morgan fingerprint density at radius 1 is 1.23 bits per heavy atom. The second-order valence-corrected chi connectivity index (χ2v) is 6.73. The molecule has 0 fully saturated rings. The first-order valence-corrected chi connectivity index (χ1v) is 9.25. The molecule has 0 saturated carbocycles. The molecule has 1 heterocycles. The van der Waals surface area contributed by atoms with Crippen LogP contribution in [0.4, 0.5) is 0 Å². The van der Waals surface area contributed by atoms with E-state index in [0.29, 0.717) is 13.1 Å². The lowest BCUT2D eigenvalue weighted by molar-refractivity contribution is -0.145. The molecule has 0 unspecified atom stereocenters. The first kappa shape index (κ1) is 19.9. The molecule has 0 atom stereocenters. The van der Waals surface area contributed by atoms with Crippen molar-refractivity contribution >= 4 is 34.0 Å². The highest BCUT2D eigenvalue weighted by molar-refractivity contribution is 9.10. The number of nitrogens with one attached hydrogen (secondary N) is 1. The Morgan fingerprint density at radius 2 is 1.92 bits per heavy atom. The van der Waals surface area contributed by atoms with Gasteiger partial charge in [-0.3, -0.25) is 9.59 Å². The third-order valence-corrected chi connectivity index (χ3v) is 4.64. The van der Waals surface area contributed by atoms with Crippen molar-refractivity contribution in [3.8, 4) is 5.69 Å². The van der Waals surface area contributed by atoms with Crippen molar-refractivity contribution in [1.29, 1.82) is 0 Å². The summed E-state index contributed by atoms with van der Waals surface area (Å²) < 4.78 is 3.11. The lowest BCUT2D eigenvalue weighted by Crippen LogP contribution is -2.41. The second kappa shape index (κ2) is 8.80. The first-order chi connectivity index (χ1) is 12.4. The van der Waals surface area contributed by atoms with Gasteiger partial charge in [0, 0.05) is 40.2 Å². The quantitative estimate of drug-likeness (QED) is 0.460. The summed E-state index contributed by atoms with van der Waals surface area (Å²) in [6.07, 6.45) is 1.56. The predicted molar refractivity (Wildman–Crippen MR) is 107 cm³/mol. The summed E-state index contributed by atoms with van der Waals surface area (Å²) in [7, 11) is 0. The van der Waals surface area contributed by atoms with Crippen molar-refractivity contribution in [3.63, 3.8) is 0 Å². The van der Waals surface area contributed by atoms with Gasteiger partial charge in [0.1, 0.15) is 0 Å². The molecule has 2 amide bonds. The second-order valence-electron chi connectivity index (χ2n) is 5.82. The van der Waals surface area contributed by atoms with E-state index in [9.17, 15) is 9.59 Å². The number of hydrogen-bond donors (Lipinski definition) is 1. The van der Waals surface area contributed by atoms with Crippen LogP contribution in [0.15, 0.2) is 39.9 Å².